The Labute approximate surface area is 638 Å². The molecule has 4 aliphatic carbocycles. The Bertz CT molecular complexity index is 2110. The van der Waals surface area contributed by atoms with E-state index in [9.17, 15) is 101 Å². The van der Waals surface area contributed by atoms with Gasteiger partial charge in [0.15, 0.2) is 5.41 Å². The van der Waals surface area contributed by atoms with E-state index in [0.29, 0.717) is 35.5 Å². The van der Waals surface area contributed by atoms with Crippen molar-refractivity contribution in [3.63, 3.8) is 0 Å². The number of rotatable bonds is 11. The number of hydrogen-bond acceptors (Lipinski definition) is 0. The lowest BCUT2D eigenvalue weighted by Crippen LogP contribution is -2.47. The monoisotopic (exact) mass is 1600 g/mol. The second-order valence-electron chi connectivity index (χ2n) is 35.5. The van der Waals surface area contributed by atoms with Crippen LogP contribution in [-0.4, -0.2) is 56.1 Å². The highest BCUT2D eigenvalue weighted by Gasteiger charge is 2.66. The summed E-state index contributed by atoms with van der Waals surface area (Å²) >= 11 is 0. The highest BCUT2D eigenvalue weighted by atomic mass is 19.4. The van der Waals surface area contributed by atoms with Crippen molar-refractivity contribution in [1.29, 1.82) is 0 Å². The van der Waals surface area contributed by atoms with Gasteiger partial charge in [-0.25, -0.2) is 17.6 Å². The smallest absolute Gasteiger partial charge is 0.251 e. The summed E-state index contributed by atoms with van der Waals surface area (Å²) < 4.78 is 301. The van der Waals surface area contributed by atoms with Crippen molar-refractivity contribution >= 4 is 0 Å². The molecule has 0 N–H and O–H groups in total. The van der Waals surface area contributed by atoms with Gasteiger partial charge in [-0.05, 0) is 139 Å². The third kappa shape index (κ3) is 55.0. The molecule has 4 saturated carbocycles. The fourth-order valence-electron chi connectivity index (χ4n) is 11.2. The van der Waals surface area contributed by atoms with E-state index in [1.807, 2.05) is 41.5 Å². The molecule has 13 atom stereocenters. The van der Waals surface area contributed by atoms with Crippen LogP contribution in [0.4, 0.5) is 101 Å². The Hall–Kier alpha value is -1.61. The van der Waals surface area contributed by atoms with Crippen LogP contribution in [0, 0.1) is 128 Å². The van der Waals surface area contributed by atoms with E-state index in [1.54, 1.807) is 20.8 Å². The fourth-order valence-corrected chi connectivity index (χ4v) is 11.2. The molecule has 106 heavy (non-hydrogen) atoms. The van der Waals surface area contributed by atoms with Gasteiger partial charge in [0, 0.05) is 22.4 Å². The summed E-state index contributed by atoms with van der Waals surface area (Å²) in [6.45, 7) is 62.9. The molecule has 0 amide bonds. The quantitative estimate of drug-likeness (QED) is 0.181. The largest absolute Gasteiger partial charge is 0.402 e. The van der Waals surface area contributed by atoms with Crippen LogP contribution < -0.4 is 0 Å². The number of halogens is 23. The van der Waals surface area contributed by atoms with Gasteiger partial charge in [-0.1, -0.05) is 293 Å². The van der Waals surface area contributed by atoms with Crippen molar-refractivity contribution < 1.29 is 105 Å². The second-order valence-corrected chi connectivity index (χ2v) is 35.5. The van der Waals surface area contributed by atoms with Crippen LogP contribution in [0.1, 0.15) is 356 Å². The van der Waals surface area contributed by atoms with Gasteiger partial charge in [0.1, 0.15) is 0 Å². The molecule has 0 aromatic carbocycles. The van der Waals surface area contributed by atoms with E-state index in [-0.39, 0.29) is 55.5 Å². The van der Waals surface area contributed by atoms with E-state index < -0.39 is 120 Å². The van der Waals surface area contributed by atoms with Gasteiger partial charge in [0.25, 0.3) is 0 Å². The average Bonchev–Trinajstić information content (AvgIpc) is 1.66. The number of hydrogen-bond donors (Lipinski definition) is 0. The molecule has 13 unspecified atom stereocenters. The zero-order chi connectivity index (χ0) is 89.8. The average molecular weight is 1600 g/mol. The second kappa shape index (κ2) is 53.5. The van der Waals surface area contributed by atoms with Crippen LogP contribution in [0.25, 0.3) is 0 Å². The highest BCUT2D eigenvalue weighted by Crippen LogP contribution is 2.57. The molecule has 0 nitrogen and oxygen atoms in total. The Morgan fingerprint density at radius 3 is 0.802 bits per heavy atom. The molecular formula is C83H159F23. The minimum absolute atomic E-state index is 0.0509. The van der Waals surface area contributed by atoms with E-state index >= 15 is 0 Å². The summed E-state index contributed by atoms with van der Waals surface area (Å²) in [5.74, 6) is -7.13. The first-order chi connectivity index (χ1) is 47.9. The lowest BCUT2D eigenvalue weighted by Gasteiger charge is -2.32. The topological polar surface area (TPSA) is 0 Å². The summed E-state index contributed by atoms with van der Waals surface area (Å²) in [4.78, 5) is 0. The fraction of sp³-hybridized carbons (Fsp3) is 1.00. The van der Waals surface area contributed by atoms with Crippen LogP contribution in [0.3, 0.4) is 0 Å². The molecule has 0 aromatic rings. The van der Waals surface area contributed by atoms with Gasteiger partial charge in [-0.3, -0.25) is 4.39 Å². The molecule has 4 aliphatic rings. The summed E-state index contributed by atoms with van der Waals surface area (Å²) in [5.41, 5.74) is -4.24. The van der Waals surface area contributed by atoms with Crippen molar-refractivity contribution in [3.8, 4) is 0 Å². The van der Waals surface area contributed by atoms with Gasteiger partial charge < -0.3 is 0 Å². The molecule has 4 rings (SSSR count). The first-order valence-electron chi connectivity index (χ1n) is 40.5. The van der Waals surface area contributed by atoms with Crippen LogP contribution in [-0.2, 0) is 0 Å². The van der Waals surface area contributed by atoms with E-state index in [4.69, 9.17) is 4.11 Å². The molecule has 0 spiro atoms. The lowest BCUT2D eigenvalue weighted by molar-refractivity contribution is -0.335. The Balaban J connectivity index is -0.000000172. The van der Waals surface area contributed by atoms with Crippen LogP contribution >= 0.6 is 0 Å². The van der Waals surface area contributed by atoms with Crippen LogP contribution in [0.5, 0.6) is 0 Å². The van der Waals surface area contributed by atoms with Crippen molar-refractivity contribution in [1.82, 2.24) is 0 Å². The predicted octanol–water partition coefficient (Wildman–Crippen LogP) is 34.9. The molecule has 0 aromatic heterocycles. The minimum Gasteiger partial charge on any atom is -0.251 e. The summed E-state index contributed by atoms with van der Waals surface area (Å²) in [6, 6.07) is 0. The summed E-state index contributed by atoms with van der Waals surface area (Å²) in [5, 5.41) is 0. The normalized spacial score (nSPS) is 26.8. The summed E-state index contributed by atoms with van der Waals surface area (Å²) in [6.07, 6.45) is -17.7. The molecule has 652 valence electrons. The maximum absolute atomic E-state index is 12.6. The minimum atomic E-state index is -5.24. The maximum Gasteiger partial charge on any atom is 0.402 e. The molecule has 23 heteroatoms. The predicted molar refractivity (Wildman–Crippen MR) is 402 cm³/mol. The molecule has 4 fully saturated rings. The maximum atomic E-state index is 12.6. The Kier molecular flexibility index (Phi) is 57.0. The Morgan fingerprint density at radius 1 is 0.387 bits per heavy atom. The van der Waals surface area contributed by atoms with Crippen LogP contribution in [0.2, 0.25) is 0 Å². The van der Waals surface area contributed by atoms with Gasteiger partial charge in [0.05, 0.1) is 29.8 Å². The third-order valence-corrected chi connectivity index (χ3v) is 21.8. The first kappa shape index (κ1) is 113. The zero-order valence-electron chi connectivity index (χ0n) is 75.5. The molecule has 0 radical (unpaired) electrons. The molecule has 0 aliphatic heterocycles. The number of alkyl halides is 23. The first-order valence-corrected chi connectivity index (χ1v) is 39.0. The van der Waals surface area contributed by atoms with Gasteiger partial charge >= 0.3 is 37.1 Å². The van der Waals surface area contributed by atoms with Gasteiger partial charge in [-0.2, -0.15) is 79.0 Å². The molecular weight excluding hydrogens is 1430 g/mol. The van der Waals surface area contributed by atoms with E-state index in [1.165, 1.54) is 100 Å². The Morgan fingerprint density at radius 2 is 0.726 bits per heavy atom. The molecule has 0 bridgehead atoms. The van der Waals surface area contributed by atoms with Crippen LogP contribution in [0.15, 0.2) is 0 Å². The summed E-state index contributed by atoms with van der Waals surface area (Å²) in [7, 11) is 0. The molecule has 0 heterocycles. The van der Waals surface area contributed by atoms with Crippen molar-refractivity contribution in [2.45, 2.75) is 401 Å². The van der Waals surface area contributed by atoms with E-state index in [2.05, 4.69) is 104 Å². The van der Waals surface area contributed by atoms with E-state index in [0.717, 1.165) is 57.3 Å². The zero-order valence-corrected chi connectivity index (χ0v) is 72.5. The highest BCUT2D eigenvalue weighted by molar-refractivity contribution is 4.97. The standard InChI is InChI=1S/C10H14F6.C8H13F3.2C8H16.C7H16.C6H8F6.C6H11F3.2C6H12F2.C6H13F.2C6H14/c1-4-5(2)8(10(14,15)16)6(3)7(4)9(11,12)13;1-5-3-6(2)7(4-5)8(9,10)11;2*1-6-4-5-7(2)8(6)3;1-5-6-7(2,3)4;1-3-4(2,5(7,8)9)6(10,11)12;1-4-5(2,3)6(7,8)9;1-4-6(7,8)5(2)3;1-3-4-5(2)6(7)8;1-3-4-6(2)5-7;2*1-5-6(2,3)4/h4-8H,1-3H3;5-7H,3-4H2,1-2H3;2*6-8H,4-5H2,1-3H3;5-6H2,1-4H3;3H2,1-2H3;4H2,1-3H3;5H,4H2,1-3H3;5-6H,3-4H2,1-2H3;6H,3-5H2,1-2H3;2*5H2,1-4H3/i;;8D;;;;;;;;5D2;. The van der Waals surface area contributed by atoms with Gasteiger partial charge in [0.2, 0.25) is 12.3 Å². The van der Waals surface area contributed by atoms with Gasteiger partial charge in [-0.15, -0.1) is 0 Å². The molecule has 0 saturated heterocycles. The lowest BCUT2D eigenvalue weighted by atomic mass is 9.86. The van der Waals surface area contributed by atoms with Crippen molar-refractivity contribution in [2.24, 2.45) is 128 Å². The SMILES string of the molecule is CC1C(C)C(C(F)(F)F)C(C)C1C(F)(F)F.CC1CC(C)C(C(F)(F)F)C1.CC1CCC(C)C1C.CCC(C)(C(F)(F)F)C(F)(F)F.CCC(C)(C)C.CCC(C)(C)C(F)(F)F.CCC(F)(F)C(C)C.CCCC(C)(C)C.CCCC(C)C(F)F.CCCC(C)CF.[2H]C([2H])(C)C(C)(C)C.[2H]C1(C)C(C)CCC1C. The van der Waals surface area contributed by atoms with Crippen molar-refractivity contribution in [3.05, 3.63) is 0 Å². The third-order valence-electron chi connectivity index (χ3n) is 21.8. The van der Waals surface area contributed by atoms with Crippen molar-refractivity contribution in [2.75, 3.05) is 6.67 Å².